The SMILES string of the molecule is CC(C)C1CCCCC1c1cccnc1. The van der Waals surface area contributed by atoms with Crippen LogP contribution in [0.25, 0.3) is 0 Å². The Bertz CT molecular complexity index is 291. The first-order valence-electron chi connectivity index (χ1n) is 6.19. The molecule has 2 unspecified atom stereocenters. The summed E-state index contributed by atoms with van der Waals surface area (Å²) in [6, 6.07) is 4.32. The monoisotopic (exact) mass is 203 g/mol. The van der Waals surface area contributed by atoms with Crippen molar-refractivity contribution in [2.75, 3.05) is 0 Å². The average Bonchev–Trinajstić information content (AvgIpc) is 2.30. The van der Waals surface area contributed by atoms with E-state index in [-0.39, 0.29) is 0 Å². The van der Waals surface area contributed by atoms with E-state index in [1.165, 1.54) is 31.2 Å². The number of aromatic nitrogens is 1. The highest BCUT2D eigenvalue weighted by Crippen LogP contribution is 2.41. The number of nitrogens with zero attached hydrogens (tertiary/aromatic N) is 1. The zero-order valence-electron chi connectivity index (χ0n) is 9.82. The van der Waals surface area contributed by atoms with E-state index in [1.807, 2.05) is 6.20 Å². The van der Waals surface area contributed by atoms with E-state index >= 15 is 0 Å². The molecular formula is C14H21N. The predicted molar refractivity (Wildman–Crippen MR) is 63.8 cm³/mol. The first kappa shape index (κ1) is 10.7. The fraction of sp³-hybridized carbons (Fsp3) is 0.643. The highest BCUT2D eigenvalue weighted by molar-refractivity contribution is 5.16. The molecule has 1 fully saturated rings. The van der Waals surface area contributed by atoms with Crippen LogP contribution in [-0.4, -0.2) is 4.98 Å². The molecule has 15 heavy (non-hydrogen) atoms. The Morgan fingerprint density at radius 3 is 2.73 bits per heavy atom. The van der Waals surface area contributed by atoms with Crippen molar-refractivity contribution < 1.29 is 0 Å². The van der Waals surface area contributed by atoms with E-state index < -0.39 is 0 Å². The zero-order chi connectivity index (χ0) is 10.7. The van der Waals surface area contributed by atoms with Crippen LogP contribution < -0.4 is 0 Å². The van der Waals surface area contributed by atoms with Crippen LogP contribution in [0.2, 0.25) is 0 Å². The maximum absolute atomic E-state index is 4.25. The largest absolute Gasteiger partial charge is 0.264 e. The molecule has 0 spiro atoms. The van der Waals surface area contributed by atoms with Crippen molar-refractivity contribution in [1.82, 2.24) is 4.98 Å². The van der Waals surface area contributed by atoms with E-state index in [1.54, 1.807) is 0 Å². The second-order valence-corrected chi connectivity index (χ2v) is 5.09. The van der Waals surface area contributed by atoms with Gasteiger partial charge < -0.3 is 0 Å². The predicted octanol–water partition coefficient (Wildman–Crippen LogP) is 4.01. The molecule has 0 saturated heterocycles. The van der Waals surface area contributed by atoms with Gasteiger partial charge in [0.25, 0.3) is 0 Å². The van der Waals surface area contributed by atoms with Gasteiger partial charge >= 0.3 is 0 Å². The summed E-state index contributed by atoms with van der Waals surface area (Å²) in [6.07, 6.45) is 9.50. The first-order valence-corrected chi connectivity index (χ1v) is 6.19. The van der Waals surface area contributed by atoms with Crippen LogP contribution >= 0.6 is 0 Å². The first-order chi connectivity index (χ1) is 7.29. The summed E-state index contributed by atoms with van der Waals surface area (Å²) in [7, 11) is 0. The molecule has 0 radical (unpaired) electrons. The second-order valence-electron chi connectivity index (χ2n) is 5.09. The minimum Gasteiger partial charge on any atom is -0.264 e. The van der Waals surface area contributed by atoms with Gasteiger partial charge in [0, 0.05) is 12.4 Å². The summed E-state index contributed by atoms with van der Waals surface area (Å²) in [4.78, 5) is 4.25. The van der Waals surface area contributed by atoms with Gasteiger partial charge in [-0.1, -0.05) is 32.8 Å². The highest BCUT2D eigenvalue weighted by atomic mass is 14.6. The van der Waals surface area contributed by atoms with Crippen molar-refractivity contribution in [1.29, 1.82) is 0 Å². The summed E-state index contributed by atoms with van der Waals surface area (Å²) in [5.74, 6) is 2.42. The van der Waals surface area contributed by atoms with Crippen molar-refractivity contribution >= 4 is 0 Å². The number of hydrogen-bond acceptors (Lipinski definition) is 1. The van der Waals surface area contributed by atoms with Crippen LogP contribution in [0.4, 0.5) is 0 Å². The number of pyridine rings is 1. The molecule has 2 rings (SSSR count). The summed E-state index contributed by atoms with van der Waals surface area (Å²) in [5, 5.41) is 0. The van der Waals surface area contributed by atoms with Crippen molar-refractivity contribution in [2.45, 2.75) is 45.4 Å². The molecule has 0 aromatic carbocycles. The van der Waals surface area contributed by atoms with Gasteiger partial charge in [-0.2, -0.15) is 0 Å². The van der Waals surface area contributed by atoms with Crippen molar-refractivity contribution in [2.24, 2.45) is 11.8 Å². The standard InChI is InChI=1S/C14H21N/c1-11(2)13-7-3-4-8-14(13)12-6-5-9-15-10-12/h5-6,9-11,13-14H,3-4,7-8H2,1-2H3. The highest BCUT2D eigenvalue weighted by Gasteiger charge is 2.28. The van der Waals surface area contributed by atoms with Crippen LogP contribution in [0.3, 0.4) is 0 Å². The van der Waals surface area contributed by atoms with E-state index in [0.29, 0.717) is 0 Å². The van der Waals surface area contributed by atoms with E-state index in [2.05, 4.69) is 37.2 Å². The van der Waals surface area contributed by atoms with Gasteiger partial charge in [-0.3, -0.25) is 4.98 Å². The smallest absolute Gasteiger partial charge is 0.0302 e. The number of hydrogen-bond donors (Lipinski definition) is 0. The lowest BCUT2D eigenvalue weighted by atomic mass is 9.71. The summed E-state index contributed by atoms with van der Waals surface area (Å²) >= 11 is 0. The van der Waals surface area contributed by atoms with Crippen LogP contribution in [0.5, 0.6) is 0 Å². The molecule has 0 N–H and O–H groups in total. The lowest BCUT2D eigenvalue weighted by molar-refractivity contribution is 0.238. The van der Waals surface area contributed by atoms with Gasteiger partial charge in [-0.25, -0.2) is 0 Å². The molecule has 1 aliphatic rings. The van der Waals surface area contributed by atoms with Gasteiger partial charge in [0.15, 0.2) is 0 Å². The van der Waals surface area contributed by atoms with Crippen molar-refractivity contribution in [3.8, 4) is 0 Å². The molecule has 2 atom stereocenters. The molecule has 1 aromatic heterocycles. The fourth-order valence-corrected chi connectivity index (χ4v) is 2.97. The molecular weight excluding hydrogens is 182 g/mol. The van der Waals surface area contributed by atoms with Gasteiger partial charge in [-0.15, -0.1) is 0 Å². The van der Waals surface area contributed by atoms with Crippen molar-refractivity contribution in [3.05, 3.63) is 30.1 Å². The van der Waals surface area contributed by atoms with E-state index in [4.69, 9.17) is 0 Å². The molecule has 1 aromatic rings. The van der Waals surface area contributed by atoms with Crippen LogP contribution in [0, 0.1) is 11.8 Å². The normalized spacial score (nSPS) is 26.9. The molecule has 0 aliphatic heterocycles. The Labute approximate surface area is 92.9 Å². The molecule has 1 saturated carbocycles. The van der Waals surface area contributed by atoms with Gasteiger partial charge in [0.1, 0.15) is 0 Å². The Morgan fingerprint density at radius 2 is 2.07 bits per heavy atom. The van der Waals surface area contributed by atoms with Crippen molar-refractivity contribution in [3.63, 3.8) is 0 Å². The molecule has 1 heteroatoms. The van der Waals surface area contributed by atoms with Crippen LogP contribution in [0.1, 0.15) is 51.0 Å². The third-order valence-electron chi connectivity index (χ3n) is 3.79. The molecule has 0 amide bonds. The quantitative estimate of drug-likeness (QED) is 0.707. The van der Waals surface area contributed by atoms with E-state index in [9.17, 15) is 0 Å². The second kappa shape index (κ2) is 4.78. The minimum absolute atomic E-state index is 0.757. The van der Waals surface area contributed by atoms with Gasteiger partial charge in [0.2, 0.25) is 0 Å². The summed E-state index contributed by atoms with van der Waals surface area (Å²) < 4.78 is 0. The molecule has 82 valence electrons. The minimum atomic E-state index is 0.757. The zero-order valence-corrected chi connectivity index (χ0v) is 9.82. The summed E-state index contributed by atoms with van der Waals surface area (Å²) in [5.41, 5.74) is 1.45. The Kier molecular flexibility index (Phi) is 3.40. The van der Waals surface area contributed by atoms with Gasteiger partial charge in [0.05, 0.1) is 0 Å². The molecule has 1 nitrogen and oxygen atoms in total. The fourth-order valence-electron chi connectivity index (χ4n) is 2.97. The molecule has 1 heterocycles. The summed E-state index contributed by atoms with van der Waals surface area (Å²) in [6.45, 7) is 4.72. The average molecular weight is 203 g/mol. The Morgan fingerprint density at radius 1 is 1.27 bits per heavy atom. The maximum atomic E-state index is 4.25. The van der Waals surface area contributed by atoms with Crippen LogP contribution in [-0.2, 0) is 0 Å². The molecule has 1 aliphatic carbocycles. The van der Waals surface area contributed by atoms with Crippen LogP contribution in [0.15, 0.2) is 24.5 Å². The lowest BCUT2D eigenvalue weighted by Crippen LogP contribution is -2.22. The molecule has 0 bridgehead atoms. The number of rotatable bonds is 2. The maximum Gasteiger partial charge on any atom is 0.0302 e. The third-order valence-corrected chi connectivity index (χ3v) is 3.79. The lowest BCUT2D eigenvalue weighted by Gasteiger charge is -2.34. The van der Waals surface area contributed by atoms with Gasteiger partial charge in [-0.05, 0) is 42.2 Å². The Balaban J connectivity index is 2.18. The Hall–Kier alpha value is -0.850. The van der Waals surface area contributed by atoms with E-state index in [0.717, 1.165) is 17.8 Å². The topological polar surface area (TPSA) is 12.9 Å². The third kappa shape index (κ3) is 2.39.